The van der Waals surface area contributed by atoms with E-state index in [9.17, 15) is 0 Å². The maximum absolute atomic E-state index is 6.12. The van der Waals surface area contributed by atoms with Gasteiger partial charge in [0, 0.05) is 4.88 Å². The van der Waals surface area contributed by atoms with Crippen molar-refractivity contribution in [2.45, 2.75) is 33.4 Å². The molecule has 0 aliphatic rings. The van der Waals surface area contributed by atoms with Crippen LogP contribution < -0.4 is 10.5 Å². The Morgan fingerprint density at radius 2 is 2.14 bits per heavy atom. The molecule has 0 saturated carbocycles. The lowest BCUT2D eigenvalue weighted by atomic mass is 10.2. The van der Waals surface area contributed by atoms with E-state index in [2.05, 4.69) is 23.4 Å². The largest absolute Gasteiger partial charge is 0.489 e. The Morgan fingerprint density at radius 1 is 1.33 bits per heavy atom. The molecule has 0 radical (unpaired) electrons. The fourth-order valence-corrected chi connectivity index (χ4v) is 3.26. The van der Waals surface area contributed by atoms with Gasteiger partial charge >= 0.3 is 0 Å². The lowest BCUT2D eigenvalue weighted by molar-refractivity contribution is 0.245. The van der Waals surface area contributed by atoms with Crippen LogP contribution in [0.25, 0.3) is 11.0 Å². The molecule has 3 aromatic rings. The minimum atomic E-state index is 0.113. The van der Waals surface area contributed by atoms with Gasteiger partial charge in [0.15, 0.2) is 0 Å². The highest BCUT2D eigenvalue weighted by Crippen LogP contribution is 2.29. The van der Waals surface area contributed by atoms with Gasteiger partial charge in [-0.05, 0) is 49.9 Å². The zero-order valence-electron chi connectivity index (χ0n) is 12.5. The van der Waals surface area contributed by atoms with E-state index >= 15 is 0 Å². The minimum Gasteiger partial charge on any atom is -0.489 e. The molecule has 4 nitrogen and oxygen atoms in total. The first-order valence-electron chi connectivity index (χ1n) is 7.00. The second-order valence-electron chi connectivity index (χ2n) is 5.37. The molecule has 0 unspecified atom stereocenters. The first-order valence-corrected chi connectivity index (χ1v) is 7.88. The van der Waals surface area contributed by atoms with Crippen molar-refractivity contribution in [1.82, 2.24) is 9.55 Å². The number of rotatable bonds is 4. The normalized spacial score (nSPS) is 11.4. The minimum absolute atomic E-state index is 0.113. The third kappa shape index (κ3) is 2.61. The molecule has 2 aromatic heterocycles. The summed E-state index contributed by atoms with van der Waals surface area (Å²) in [7, 11) is 0. The van der Waals surface area contributed by atoms with Gasteiger partial charge in [0.05, 0.1) is 18.2 Å². The van der Waals surface area contributed by atoms with Crippen molar-refractivity contribution in [1.29, 1.82) is 0 Å². The van der Waals surface area contributed by atoms with Crippen LogP contribution in [0, 0.1) is 6.92 Å². The number of benzene rings is 1. The molecule has 0 saturated heterocycles. The van der Waals surface area contributed by atoms with Gasteiger partial charge in [0.2, 0.25) is 5.95 Å². The lowest BCUT2D eigenvalue weighted by Gasteiger charge is -2.10. The van der Waals surface area contributed by atoms with E-state index in [1.54, 1.807) is 11.3 Å². The molecule has 0 spiro atoms. The zero-order chi connectivity index (χ0) is 15.0. The Hall–Kier alpha value is -2.01. The van der Waals surface area contributed by atoms with Crippen LogP contribution in [-0.2, 0) is 6.54 Å². The van der Waals surface area contributed by atoms with E-state index in [4.69, 9.17) is 10.5 Å². The zero-order valence-corrected chi connectivity index (χ0v) is 13.3. The average Bonchev–Trinajstić information content (AvgIpc) is 2.96. The molecule has 0 amide bonds. The van der Waals surface area contributed by atoms with Gasteiger partial charge in [-0.25, -0.2) is 4.98 Å². The third-order valence-electron chi connectivity index (χ3n) is 3.40. The van der Waals surface area contributed by atoms with Crippen molar-refractivity contribution in [3.8, 4) is 5.75 Å². The number of fused-ring (bicyclic) bond motifs is 1. The molecule has 0 aliphatic carbocycles. The number of ether oxygens (including phenoxy) is 1. The van der Waals surface area contributed by atoms with Gasteiger partial charge in [-0.1, -0.05) is 6.07 Å². The van der Waals surface area contributed by atoms with E-state index in [0.717, 1.165) is 23.3 Å². The predicted octanol–water partition coefficient (Wildman–Crippen LogP) is 3.82. The molecule has 0 atom stereocenters. The number of aromatic nitrogens is 2. The van der Waals surface area contributed by atoms with Gasteiger partial charge in [0.1, 0.15) is 11.3 Å². The van der Waals surface area contributed by atoms with Crippen molar-refractivity contribution >= 4 is 28.3 Å². The topological polar surface area (TPSA) is 53.1 Å². The fraction of sp³-hybridized carbons (Fsp3) is 0.312. The predicted molar refractivity (Wildman–Crippen MR) is 88.1 cm³/mol. The van der Waals surface area contributed by atoms with Gasteiger partial charge in [-0.15, -0.1) is 11.3 Å². The molecular formula is C16H19N3OS. The Balaban J connectivity index is 2.07. The van der Waals surface area contributed by atoms with Crippen LogP contribution in [-0.4, -0.2) is 15.7 Å². The molecule has 21 heavy (non-hydrogen) atoms. The van der Waals surface area contributed by atoms with Gasteiger partial charge in [0.25, 0.3) is 0 Å². The summed E-state index contributed by atoms with van der Waals surface area (Å²) in [5, 5.41) is 2.10. The summed E-state index contributed by atoms with van der Waals surface area (Å²) in [5.74, 6) is 1.31. The molecule has 2 N–H and O–H groups in total. The molecule has 5 heteroatoms. The monoisotopic (exact) mass is 301 g/mol. The highest BCUT2D eigenvalue weighted by molar-refractivity contribution is 7.10. The summed E-state index contributed by atoms with van der Waals surface area (Å²) in [4.78, 5) is 5.80. The number of imidazole rings is 1. The van der Waals surface area contributed by atoms with Crippen molar-refractivity contribution in [2.75, 3.05) is 5.73 Å². The number of aryl methyl sites for hydroxylation is 1. The number of anilines is 1. The number of para-hydroxylation sites is 1. The summed E-state index contributed by atoms with van der Waals surface area (Å²) in [6.45, 7) is 6.88. The highest BCUT2D eigenvalue weighted by atomic mass is 32.1. The van der Waals surface area contributed by atoms with Crippen LogP contribution in [0.4, 0.5) is 5.95 Å². The number of nitrogens with two attached hydrogens (primary N) is 1. The van der Waals surface area contributed by atoms with Gasteiger partial charge in [-0.3, -0.25) is 0 Å². The first-order chi connectivity index (χ1) is 10.1. The van der Waals surface area contributed by atoms with Crippen molar-refractivity contribution in [2.24, 2.45) is 0 Å². The van der Waals surface area contributed by atoms with Crippen molar-refractivity contribution in [3.05, 3.63) is 40.1 Å². The summed E-state index contributed by atoms with van der Waals surface area (Å²) < 4.78 is 7.87. The summed E-state index contributed by atoms with van der Waals surface area (Å²) >= 11 is 1.74. The molecule has 0 aliphatic heterocycles. The summed E-state index contributed by atoms with van der Waals surface area (Å²) in [6.07, 6.45) is 0.113. The second-order valence-corrected chi connectivity index (χ2v) is 6.37. The first kappa shape index (κ1) is 13.9. The maximum Gasteiger partial charge on any atom is 0.201 e. The number of nitrogen functional groups attached to an aromatic ring is 1. The third-order valence-corrected chi connectivity index (χ3v) is 4.41. The lowest BCUT2D eigenvalue weighted by Crippen LogP contribution is -2.06. The molecule has 0 bridgehead atoms. The molecule has 0 fully saturated rings. The van der Waals surface area contributed by atoms with Crippen molar-refractivity contribution in [3.63, 3.8) is 0 Å². The van der Waals surface area contributed by atoms with E-state index in [1.807, 2.05) is 36.6 Å². The SMILES string of the molecule is Cc1ccsc1Cn1c(N)nc2c(OC(C)C)cccc21. The number of nitrogens with zero attached hydrogens (tertiary/aromatic N) is 2. The number of thiophene rings is 1. The Labute approximate surface area is 128 Å². The standard InChI is InChI=1S/C16H19N3OS/c1-10(2)20-13-6-4-5-12-15(13)18-16(17)19(12)9-14-11(3)7-8-21-14/h4-8,10H,9H2,1-3H3,(H2,17,18). The molecule has 110 valence electrons. The second kappa shape index (κ2) is 5.41. The molecule has 1 aromatic carbocycles. The van der Waals surface area contributed by atoms with Crippen LogP contribution in [0.2, 0.25) is 0 Å². The van der Waals surface area contributed by atoms with Crippen LogP contribution in [0.1, 0.15) is 24.3 Å². The average molecular weight is 301 g/mol. The van der Waals surface area contributed by atoms with E-state index in [0.29, 0.717) is 5.95 Å². The van der Waals surface area contributed by atoms with Crippen LogP contribution in [0.3, 0.4) is 0 Å². The number of hydrogen-bond donors (Lipinski definition) is 1. The Morgan fingerprint density at radius 3 is 2.81 bits per heavy atom. The van der Waals surface area contributed by atoms with Crippen LogP contribution >= 0.6 is 11.3 Å². The van der Waals surface area contributed by atoms with Gasteiger partial charge < -0.3 is 15.0 Å². The summed E-state index contributed by atoms with van der Waals surface area (Å²) in [5.41, 5.74) is 9.25. The Kier molecular flexibility index (Phi) is 3.59. The molecular weight excluding hydrogens is 282 g/mol. The Bertz CT molecular complexity index is 773. The van der Waals surface area contributed by atoms with Crippen molar-refractivity contribution < 1.29 is 4.74 Å². The van der Waals surface area contributed by atoms with Crippen LogP contribution in [0.5, 0.6) is 5.75 Å². The molecule has 2 heterocycles. The highest BCUT2D eigenvalue weighted by Gasteiger charge is 2.14. The number of hydrogen-bond acceptors (Lipinski definition) is 4. The van der Waals surface area contributed by atoms with Crippen LogP contribution in [0.15, 0.2) is 29.6 Å². The van der Waals surface area contributed by atoms with E-state index < -0.39 is 0 Å². The summed E-state index contributed by atoms with van der Waals surface area (Å²) in [6, 6.07) is 8.09. The fourth-order valence-electron chi connectivity index (χ4n) is 2.36. The smallest absolute Gasteiger partial charge is 0.201 e. The van der Waals surface area contributed by atoms with Gasteiger partial charge in [-0.2, -0.15) is 0 Å². The molecule has 3 rings (SSSR count). The quantitative estimate of drug-likeness (QED) is 0.797. The van der Waals surface area contributed by atoms with E-state index in [1.165, 1.54) is 10.4 Å². The maximum atomic E-state index is 6.12. The van der Waals surface area contributed by atoms with E-state index in [-0.39, 0.29) is 6.10 Å².